The number of carbonyl (C=O) groups excluding carboxylic acids is 2. The van der Waals surface area contributed by atoms with Gasteiger partial charge < -0.3 is 0 Å². The Bertz CT molecular complexity index is 1440. The highest BCUT2D eigenvalue weighted by Crippen LogP contribution is 2.33. The topological polar surface area (TPSA) is 79.0 Å². The molecular formula is C31H32N4O2. The third-order valence-corrected chi connectivity index (χ3v) is 6.77. The second kappa shape index (κ2) is 11.2. The first-order valence-corrected chi connectivity index (χ1v) is 12.8. The number of hydrogen-bond donors (Lipinski definition) is 0. The number of benzene rings is 2. The third kappa shape index (κ3) is 5.31. The fraction of sp³-hybridized carbons (Fsp3) is 0.290. The van der Waals surface area contributed by atoms with E-state index in [1.807, 2.05) is 56.4 Å². The van der Waals surface area contributed by atoms with E-state index in [2.05, 4.69) is 25.1 Å². The highest BCUT2D eigenvalue weighted by molar-refractivity contribution is 6.19. The number of carbonyl (C=O) groups is 2. The maximum absolute atomic E-state index is 13.6. The van der Waals surface area contributed by atoms with Gasteiger partial charge in [0.25, 0.3) is 11.8 Å². The van der Waals surface area contributed by atoms with E-state index in [1.165, 1.54) is 4.90 Å². The smallest absolute Gasteiger partial charge is 0.271 e. The fourth-order valence-corrected chi connectivity index (χ4v) is 4.59. The van der Waals surface area contributed by atoms with Crippen molar-refractivity contribution >= 4 is 17.9 Å². The minimum Gasteiger partial charge on any atom is -0.274 e. The number of para-hydroxylation sites is 1. The Kier molecular flexibility index (Phi) is 7.83. The van der Waals surface area contributed by atoms with Crippen molar-refractivity contribution in [2.45, 2.75) is 53.4 Å². The zero-order valence-corrected chi connectivity index (χ0v) is 21.9. The van der Waals surface area contributed by atoms with E-state index in [0.29, 0.717) is 17.7 Å². The number of rotatable bonds is 8. The second-order valence-electron chi connectivity index (χ2n) is 9.52. The van der Waals surface area contributed by atoms with Crippen LogP contribution in [0.3, 0.4) is 0 Å². The van der Waals surface area contributed by atoms with E-state index in [9.17, 15) is 14.9 Å². The first-order valence-electron chi connectivity index (χ1n) is 12.8. The highest BCUT2D eigenvalue weighted by atomic mass is 16.2. The Morgan fingerprint density at radius 1 is 0.973 bits per heavy atom. The summed E-state index contributed by atoms with van der Waals surface area (Å²) in [5.74, 6) is -0.870. The lowest BCUT2D eigenvalue weighted by atomic mass is 9.92. The van der Waals surface area contributed by atoms with Crippen LogP contribution in [-0.4, -0.2) is 33.0 Å². The summed E-state index contributed by atoms with van der Waals surface area (Å²) in [6.45, 7) is 8.16. The largest absolute Gasteiger partial charge is 0.274 e. The molecule has 37 heavy (non-hydrogen) atoms. The molecule has 2 amide bonds. The van der Waals surface area contributed by atoms with Crippen molar-refractivity contribution in [3.8, 4) is 23.0 Å². The van der Waals surface area contributed by atoms with Crippen LogP contribution >= 0.6 is 0 Å². The molecule has 6 heteroatoms. The lowest BCUT2D eigenvalue weighted by Gasteiger charge is -2.27. The Morgan fingerprint density at radius 2 is 1.73 bits per heavy atom. The first-order chi connectivity index (χ1) is 17.8. The standard InChI is InChI=1S/C31H32N4O2/c1-5-6-7-11-16-34-30(36)27(23(4)28(19-32)31(34)37)18-24-20-35(25-12-9-8-10-13-25)33-29(24)26-17-21(2)14-15-22(26)3/h8-10,12-15,17-18,20H,5-7,11,16H2,1-4H3/b27-18+. The van der Waals surface area contributed by atoms with E-state index in [-0.39, 0.29) is 11.5 Å². The van der Waals surface area contributed by atoms with Crippen LogP contribution < -0.4 is 0 Å². The number of nitriles is 1. The fourth-order valence-electron chi connectivity index (χ4n) is 4.59. The monoisotopic (exact) mass is 492 g/mol. The quantitative estimate of drug-likeness (QED) is 0.209. The average molecular weight is 493 g/mol. The minimum absolute atomic E-state index is 0.0186. The van der Waals surface area contributed by atoms with Gasteiger partial charge in [-0.05, 0) is 62.6 Å². The number of nitrogens with zero attached hydrogens (tertiary/aromatic N) is 4. The zero-order valence-electron chi connectivity index (χ0n) is 21.9. The molecule has 0 saturated heterocycles. The molecule has 2 aromatic carbocycles. The molecule has 4 rings (SSSR count). The van der Waals surface area contributed by atoms with Gasteiger partial charge in [0, 0.05) is 29.4 Å². The molecule has 0 atom stereocenters. The molecule has 188 valence electrons. The maximum Gasteiger partial charge on any atom is 0.271 e. The Labute approximate surface area is 218 Å². The molecule has 0 spiro atoms. The minimum atomic E-state index is -0.506. The molecule has 2 heterocycles. The number of hydrogen-bond acceptors (Lipinski definition) is 4. The first kappa shape index (κ1) is 25.8. The van der Waals surface area contributed by atoms with Crippen molar-refractivity contribution in [1.82, 2.24) is 14.7 Å². The van der Waals surface area contributed by atoms with Crippen molar-refractivity contribution in [3.05, 3.63) is 88.1 Å². The Morgan fingerprint density at radius 3 is 2.43 bits per heavy atom. The highest BCUT2D eigenvalue weighted by Gasteiger charge is 2.35. The predicted octanol–water partition coefficient (Wildman–Crippen LogP) is 6.33. The molecule has 0 N–H and O–H groups in total. The van der Waals surface area contributed by atoms with Gasteiger partial charge in [0.2, 0.25) is 0 Å². The molecule has 3 aromatic rings. The summed E-state index contributed by atoms with van der Waals surface area (Å²) in [4.78, 5) is 27.8. The molecule has 0 radical (unpaired) electrons. The molecule has 0 fully saturated rings. The van der Waals surface area contributed by atoms with Crippen LogP contribution in [0.4, 0.5) is 0 Å². The van der Waals surface area contributed by atoms with Gasteiger partial charge in [-0.1, -0.05) is 62.1 Å². The number of amides is 2. The predicted molar refractivity (Wildman–Crippen MR) is 146 cm³/mol. The SMILES string of the molecule is CCCCCCN1C(=O)C(C#N)=C(C)/C(=C\c2cn(-c3ccccc3)nc2-c2cc(C)ccc2C)C1=O. The van der Waals surface area contributed by atoms with Crippen LogP contribution in [0.15, 0.2) is 71.4 Å². The zero-order chi connectivity index (χ0) is 26.5. The molecule has 0 aliphatic carbocycles. The molecule has 6 nitrogen and oxygen atoms in total. The van der Waals surface area contributed by atoms with Crippen LogP contribution in [0, 0.1) is 25.2 Å². The van der Waals surface area contributed by atoms with Gasteiger partial charge in [0.15, 0.2) is 0 Å². The van der Waals surface area contributed by atoms with Gasteiger partial charge >= 0.3 is 0 Å². The normalized spacial score (nSPS) is 15.0. The van der Waals surface area contributed by atoms with Crippen molar-refractivity contribution in [3.63, 3.8) is 0 Å². The van der Waals surface area contributed by atoms with Gasteiger partial charge in [-0.3, -0.25) is 14.5 Å². The van der Waals surface area contributed by atoms with Crippen LogP contribution in [0.25, 0.3) is 23.0 Å². The van der Waals surface area contributed by atoms with Crippen LogP contribution in [0.1, 0.15) is 56.2 Å². The molecule has 1 aromatic heterocycles. The molecule has 1 aliphatic heterocycles. The van der Waals surface area contributed by atoms with Crippen LogP contribution in [0.5, 0.6) is 0 Å². The molecule has 1 aliphatic rings. The number of unbranched alkanes of at least 4 members (excludes halogenated alkanes) is 3. The summed E-state index contributed by atoms with van der Waals surface area (Å²) >= 11 is 0. The molecule has 0 bridgehead atoms. The lowest BCUT2D eigenvalue weighted by molar-refractivity contribution is -0.140. The summed E-state index contributed by atoms with van der Waals surface area (Å²) < 4.78 is 1.80. The van der Waals surface area contributed by atoms with Crippen molar-refractivity contribution < 1.29 is 9.59 Å². The molecule has 0 unspecified atom stereocenters. The van der Waals surface area contributed by atoms with Crippen molar-refractivity contribution in [1.29, 1.82) is 5.26 Å². The second-order valence-corrected chi connectivity index (χ2v) is 9.52. The van der Waals surface area contributed by atoms with E-state index in [0.717, 1.165) is 59.3 Å². The third-order valence-electron chi connectivity index (χ3n) is 6.77. The number of imide groups is 1. The van der Waals surface area contributed by atoms with E-state index in [4.69, 9.17) is 5.10 Å². The van der Waals surface area contributed by atoms with Gasteiger partial charge in [-0.15, -0.1) is 0 Å². The summed E-state index contributed by atoms with van der Waals surface area (Å²) in [6.07, 6.45) is 7.42. The Hall–Kier alpha value is -4.24. The Balaban J connectivity index is 1.86. The van der Waals surface area contributed by atoms with Crippen molar-refractivity contribution in [2.24, 2.45) is 0 Å². The maximum atomic E-state index is 13.6. The van der Waals surface area contributed by atoms with E-state index in [1.54, 1.807) is 17.7 Å². The van der Waals surface area contributed by atoms with Crippen molar-refractivity contribution in [2.75, 3.05) is 6.54 Å². The van der Waals surface area contributed by atoms with Crippen LogP contribution in [0.2, 0.25) is 0 Å². The lowest BCUT2D eigenvalue weighted by Crippen LogP contribution is -2.43. The number of aromatic nitrogens is 2. The average Bonchev–Trinajstić information content (AvgIpc) is 3.32. The van der Waals surface area contributed by atoms with Gasteiger partial charge in [0.1, 0.15) is 17.3 Å². The summed E-state index contributed by atoms with van der Waals surface area (Å²) in [6, 6.07) is 18.0. The summed E-state index contributed by atoms with van der Waals surface area (Å²) in [5.41, 5.74) is 6.30. The molecular weight excluding hydrogens is 460 g/mol. The summed E-state index contributed by atoms with van der Waals surface area (Å²) in [7, 11) is 0. The van der Waals surface area contributed by atoms with E-state index < -0.39 is 5.91 Å². The molecule has 0 saturated carbocycles. The van der Waals surface area contributed by atoms with Crippen LogP contribution in [-0.2, 0) is 9.59 Å². The summed E-state index contributed by atoms with van der Waals surface area (Å²) in [5, 5.41) is 14.7. The van der Waals surface area contributed by atoms with E-state index >= 15 is 0 Å². The number of aryl methyl sites for hydroxylation is 2. The van der Waals surface area contributed by atoms with Gasteiger partial charge in [0.05, 0.1) is 5.69 Å². The van der Waals surface area contributed by atoms with Gasteiger partial charge in [-0.25, -0.2) is 4.68 Å². The van der Waals surface area contributed by atoms with Gasteiger partial charge in [-0.2, -0.15) is 10.4 Å².